The van der Waals surface area contributed by atoms with Crippen molar-refractivity contribution in [3.05, 3.63) is 12.4 Å². The van der Waals surface area contributed by atoms with Crippen LogP contribution in [0.5, 0.6) is 0 Å². The van der Waals surface area contributed by atoms with E-state index in [-0.39, 0.29) is 6.04 Å². The lowest BCUT2D eigenvalue weighted by molar-refractivity contribution is -0.152. The van der Waals surface area contributed by atoms with Crippen molar-refractivity contribution in [1.29, 1.82) is 0 Å². The lowest BCUT2D eigenvalue weighted by Crippen LogP contribution is -2.51. The van der Waals surface area contributed by atoms with E-state index in [2.05, 4.69) is 10.2 Å². The second kappa shape index (κ2) is 4.34. The van der Waals surface area contributed by atoms with Crippen molar-refractivity contribution < 1.29 is 18.0 Å². The van der Waals surface area contributed by atoms with Crippen molar-refractivity contribution in [3.63, 3.8) is 0 Å². The Morgan fingerprint density at radius 1 is 1.29 bits per heavy atom. The Labute approximate surface area is 95.2 Å². The summed E-state index contributed by atoms with van der Waals surface area (Å²) >= 11 is 0. The topological polar surface area (TPSA) is 51.0 Å². The summed E-state index contributed by atoms with van der Waals surface area (Å²) in [6.45, 7) is 0.761. The van der Waals surface area contributed by atoms with Crippen LogP contribution in [0.3, 0.4) is 0 Å². The van der Waals surface area contributed by atoms with Crippen molar-refractivity contribution in [2.75, 3.05) is 13.1 Å². The van der Waals surface area contributed by atoms with Crippen LogP contribution >= 0.6 is 0 Å². The van der Waals surface area contributed by atoms with Gasteiger partial charge in [0.25, 0.3) is 0 Å². The quantitative estimate of drug-likeness (QED) is 0.802. The molecule has 0 N–H and O–H groups in total. The van der Waals surface area contributed by atoms with Gasteiger partial charge in [-0.15, -0.1) is 0 Å². The summed E-state index contributed by atoms with van der Waals surface area (Å²) in [5.41, 5.74) is 0. The standard InChI is InChI=1S/C9H11F3N4O/c10-9(11,12)2-1-8(17)15-5-7(6-15)16-13-3-4-14-16/h3-4,7H,1-2,5-6H2. The number of amides is 1. The number of hydrogen-bond acceptors (Lipinski definition) is 3. The summed E-state index contributed by atoms with van der Waals surface area (Å²) in [7, 11) is 0. The van der Waals surface area contributed by atoms with Crippen molar-refractivity contribution in [2.45, 2.75) is 25.1 Å². The summed E-state index contributed by atoms with van der Waals surface area (Å²) < 4.78 is 35.7. The third kappa shape index (κ3) is 2.95. The molecule has 0 bridgehead atoms. The summed E-state index contributed by atoms with van der Waals surface area (Å²) in [4.78, 5) is 14.2. The number of rotatable bonds is 3. The van der Waals surface area contributed by atoms with Crippen molar-refractivity contribution in [3.8, 4) is 0 Å². The van der Waals surface area contributed by atoms with Gasteiger partial charge in [-0.2, -0.15) is 28.2 Å². The Hall–Kier alpha value is -1.60. The van der Waals surface area contributed by atoms with Crippen LogP contribution in [0.2, 0.25) is 0 Å². The molecule has 2 heterocycles. The van der Waals surface area contributed by atoms with Gasteiger partial charge in [-0.3, -0.25) is 4.79 Å². The predicted molar refractivity (Wildman–Crippen MR) is 50.9 cm³/mol. The van der Waals surface area contributed by atoms with Gasteiger partial charge < -0.3 is 4.90 Å². The first-order chi connectivity index (χ1) is 7.96. The van der Waals surface area contributed by atoms with Gasteiger partial charge in [0.2, 0.25) is 5.91 Å². The number of halogens is 3. The Balaban J connectivity index is 1.74. The van der Waals surface area contributed by atoms with E-state index >= 15 is 0 Å². The number of carbonyl (C=O) groups is 1. The first kappa shape index (κ1) is 11.9. The smallest absolute Gasteiger partial charge is 0.338 e. The molecule has 17 heavy (non-hydrogen) atoms. The molecule has 0 saturated carbocycles. The molecule has 0 atom stereocenters. The van der Waals surface area contributed by atoms with Crippen molar-refractivity contribution in [2.24, 2.45) is 0 Å². The first-order valence-corrected chi connectivity index (χ1v) is 5.16. The number of likely N-dealkylation sites (tertiary alicyclic amines) is 1. The second-order valence-electron chi connectivity index (χ2n) is 3.92. The molecular formula is C9H11F3N4O. The van der Waals surface area contributed by atoms with Gasteiger partial charge in [-0.05, 0) is 0 Å². The Kier molecular flexibility index (Phi) is 3.03. The van der Waals surface area contributed by atoms with Crippen LogP contribution in [0, 0.1) is 0 Å². The molecule has 1 aliphatic heterocycles. The molecule has 0 aliphatic carbocycles. The fourth-order valence-corrected chi connectivity index (χ4v) is 1.63. The molecule has 1 aromatic heterocycles. The SMILES string of the molecule is O=C(CCC(F)(F)F)N1CC(n2nccn2)C1. The highest BCUT2D eigenvalue weighted by molar-refractivity contribution is 5.77. The van der Waals surface area contributed by atoms with Gasteiger partial charge in [0.1, 0.15) is 6.04 Å². The molecule has 94 valence electrons. The monoisotopic (exact) mass is 248 g/mol. The van der Waals surface area contributed by atoms with E-state index in [1.165, 1.54) is 22.1 Å². The molecule has 1 saturated heterocycles. The molecule has 0 unspecified atom stereocenters. The van der Waals surface area contributed by atoms with E-state index in [1.54, 1.807) is 0 Å². The molecule has 1 aliphatic rings. The van der Waals surface area contributed by atoms with Crippen LogP contribution in [0.4, 0.5) is 13.2 Å². The fraction of sp³-hybridized carbons (Fsp3) is 0.667. The maximum absolute atomic E-state index is 11.9. The van der Waals surface area contributed by atoms with Crippen LogP contribution in [-0.2, 0) is 4.79 Å². The van der Waals surface area contributed by atoms with Crippen LogP contribution < -0.4 is 0 Å². The number of aromatic nitrogens is 3. The van der Waals surface area contributed by atoms with E-state index in [4.69, 9.17) is 0 Å². The van der Waals surface area contributed by atoms with E-state index in [0.29, 0.717) is 13.1 Å². The largest absolute Gasteiger partial charge is 0.389 e. The van der Waals surface area contributed by atoms with Gasteiger partial charge in [0.15, 0.2) is 0 Å². The molecule has 0 aromatic carbocycles. The molecule has 1 fully saturated rings. The average molecular weight is 248 g/mol. The zero-order valence-corrected chi connectivity index (χ0v) is 8.89. The summed E-state index contributed by atoms with van der Waals surface area (Å²) in [6, 6.07) is -0.0140. The highest BCUT2D eigenvalue weighted by atomic mass is 19.4. The molecule has 0 spiro atoms. The molecule has 2 rings (SSSR count). The van der Waals surface area contributed by atoms with E-state index in [9.17, 15) is 18.0 Å². The second-order valence-corrected chi connectivity index (χ2v) is 3.92. The highest BCUT2D eigenvalue weighted by Gasteiger charge is 2.35. The lowest BCUT2D eigenvalue weighted by atomic mass is 10.1. The van der Waals surface area contributed by atoms with Gasteiger partial charge in [-0.25, -0.2) is 0 Å². The zero-order valence-electron chi connectivity index (χ0n) is 8.89. The number of nitrogens with zero attached hydrogens (tertiary/aromatic N) is 4. The molecule has 5 nitrogen and oxygen atoms in total. The molecular weight excluding hydrogens is 237 g/mol. The molecule has 1 aromatic rings. The lowest BCUT2D eigenvalue weighted by Gasteiger charge is -2.38. The van der Waals surface area contributed by atoms with Crippen molar-refractivity contribution >= 4 is 5.91 Å². The van der Waals surface area contributed by atoms with Gasteiger partial charge in [0.05, 0.1) is 18.8 Å². The minimum Gasteiger partial charge on any atom is -0.338 e. The van der Waals surface area contributed by atoms with E-state index < -0.39 is 24.9 Å². The maximum atomic E-state index is 11.9. The molecule has 1 amide bonds. The fourth-order valence-electron chi connectivity index (χ4n) is 1.63. The molecule has 8 heteroatoms. The number of hydrogen-bond donors (Lipinski definition) is 0. The average Bonchev–Trinajstić information content (AvgIpc) is 2.64. The van der Waals surface area contributed by atoms with Crippen LogP contribution in [-0.4, -0.2) is 45.1 Å². The normalized spacial score (nSPS) is 17.0. The van der Waals surface area contributed by atoms with Gasteiger partial charge in [0, 0.05) is 19.5 Å². The Bertz CT molecular complexity index is 383. The predicted octanol–water partition coefficient (Wildman–Crippen LogP) is 1.00. The molecule has 0 radical (unpaired) electrons. The maximum Gasteiger partial charge on any atom is 0.389 e. The Morgan fingerprint density at radius 2 is 1.88 bits per heavy atom. The first-order valence-electron chi connectivity index (χ1n) is 5.16. The van der Waals surface area contributed by atoms with E-state index in [1.807, 2.05) is 0 Å². The van der Waals surface area contributed by atoms with E-state index in [0.717, 1.165) is 0 Å². The van der Waals surface area contributed by atoms with Gasteiger partial charge >= 0.3 is 6.18 Å². The zero-order chi connectivity index (χ0) is 12.5. The van der Waals surface area contributed by atoms with Crippen LogP contribution in [0.25, 0.3) is 0 Å². The third-order valence-corrected chi connectivity index (χ3v) is 2.60. The summed E-state index contributed by atoms with van der Waals surface area (Å²) in [5, 5.41) is 7.81. The number of alkyl halides is 3. The Morgan fingerprint density at radius 3 is 2.41 bits per heavy atom. The minimum atomic E-state index is -4.27. The van der Waals surface area contributed by atoms with Crippen LogP contribution in [0.1, 0.15) is 18.9 Å². The van der Waals surface area contributed by atoms with Crippen molar-refractivity contribution in [1.82, 2.24) is 19.9 Å². The summed E-state index contributed by atoms with van der Waals surface area (Å²) in [5.74, 6) is -0.467. The van der Waals surface area contributed by atoms with Gasteiger partial charge in [-0.1, -0.05) is 0 Å². The van der Waals surface area contributed by atoms with Crippen LogP contribution in [0.15, 0.2) is 12.4 Å². The number of carbonyl (C=O) groups excluding carboxylic acids is 1. The summed E-state index contributed by atoms with van der Waals surface area (Å²) in [6.07, 6.45) is -2.78. The third-order valence-electron chi connectivity index (χ3n) is 2.60. The highest BCUT2D eigenvalue weighted by Crippen LogP contribution is 2.25. The minimum absolute atomic E-state index is 0.0140.